The molecule has 0 N–H and O–H groups in total. The van der Waals surface area contributed by atoms with Gasteiger partial charge < -0.3 is 9.47 Å². The Bertz CT molecular complexity index is 1900. The summed E-state index contributed by atoms with van der Waals surface area (Å²) in [7, 11) is -0.579. The summed E-state index contributed by atoms with van der Waals surface area (Å²) in [6.07, 6.45) is -2.27. The molecule has 216 valence electrons. The molecule has 0 saturated heterocycles. The van der Waals surface area contributed by atoms with Crippen LogP contribution in [-0.4, -0.2) is 58.9 Å². The van der Waals surface area contributed by atoms with Gasteiger partial charge in [-0.25, -0.2) is 17.9 Å². The first-order chi connectivity index (χ1) is 19.8. The van der Waals surface area contributed by atoms with E-state index in [1.165, 1.54) is 53.0 Å². The number of methoxy groups -OCH3 is 1. The van der Waals surface area contributed by atoms with Gasteiger partial charge in [0.15, 0.2) is 15.5 Å². The van der Waals surface area contributed by atoms with E-state index in [9.17, 15) is 26.4 Å². The number of ether oxygens (including phenoxy) is 2. The lowest BCUT2D eigenvalue weighted by molar-refractivity contribution is -0.274. The summed E-state index contributed by atoms with van der Waals surface area (Å²) in [5.74, 6) is -1.01. The smallest absolute Gasteiger partial charge is 0.464 e. The fraction of sp³-hybridized carbons (Fsp3) is 0.143. The number of nitrogens with zero attached hydrogens (tertiary/aromatic N) is 5. The van der Waals surface area contributed by atoms with Crippen molar-refractivity contribution in [1.29, 1.82) is 0 Å². The Kier molecular flexibility index (Phi) is 7.33. The molecule has 2 aromatic heterocycles. The molecule has 3 aromatic carbocycles. The van der Waals surface area contributed by atoms with Crippen LogP contribution in [0.2, 0.25) is 0 Å². The maximum atomic E-state index is 12.7. The molecule has 0 aliphatic rings. The van der Waals surface area contributed by atoms with Crippen LogP contribution in [0.3, 0.4) is 0 Å². The molecular formula is C28H22F3N5O5S. The number of hydrogen-bond acceptors (Lipinski definition) is 8. The quantitative estimate of drug-likeness (QED) is 0.238. The number of rotatable bonds is 7. The van der Waals surface area contributed by atoms with E-state index in [0.717, 1.165) is 6.26 Å². The summed E-state index contributed by atoms with van der Waals surface area (Å²) >= 11 is 0. The fourth-order valence-electron chi connectivity index (χ4n) is 4.37. The van der Waals surface area contributed by atoms with Crippen molar-refractivity contribution >= 4 is 15.8 Å². The number of aromatic nitrogens is 5. The monoisotopic (exact) mass is 597 g/mol. The molecule has 0 unspecified atom stereocenters. The molecule has 0 aliphatic carbocycles. The third-order valence-electron chi connectivity index (χ3n) is 6.30. The number of benzene rings is 3. The van der Waals surface area contributed by atoms with Crippen molar-refractivity contribution < 1.29 is 35.9 Å². The summed E-state index contributed by atoms with van der Waals surface area (Å²) < 4.78 is 74.1. The first-order valence-electron chi connectivity index (χ1n) is 12.2. The Morgan fingerprint density at radius 3 is 2.26 bits per heavy atom. The number of esters is 1. The van der Waals surface area contributed by atoms with Crippen LogP contribution < -0.4 is 4.74 Å². The summed E-state index contributed by atoms with van der Waals surface area (Å²) in [6, 6.07) is 18.5. The Morgan fingerprint density at radius 1 is 0.905 bits per heavy atom. The molecule has 0 bridgehead atoms. The topological polar surface area (TPSA) is 118 Å². The average Bonchev–Trinajstić information content (AvgIpc) is 3.58. The van der Waals surface area contributed by atoms with Crippen molar-refractivity contribution in [2.75, 3.05) is 13.4 Å². The maximum Gasteiger partial charge on any atom is 0.573 e. The highest BCUT2D eigenvalue weighted by atomic mass is 32.2. The van der Waals surface area contributed by atoms with Crippen LogP contribution in [0, 0.1) is 0 Å². The number of hydrogen-bond donors (Lipinski definition) is 0. The number of carbonyl (C=O) groups is 1. The number of carbonyl (C=O) groups excluding carboxylic acids is 1. The zero-order valence-corrected chi connectivity index (χ0v) is 23.1. The van der Waals surface area contributed by atoms with Crippen molar-refractivity contribution in [2.24, 2.45) is 7.05 Å². The van der Waals surface area contributed by atoms with Gasteiger partial charge in [-0.2, -0.15) is 5.10 Å². The molecule has 42 heavy (non-hydrogen) atoms. The van der Waals surface area contributed by atoms with E-state index in [1.54, 1.807) is 49.5 Å². The van der Waals surface area contributed by atoms with Gasteiger partial charge in [-0.1, -0.05) is 29.5 Å². The van der Waals surface area contributed by atoms with Gasteiger partial charge in [0.1, 0.15) is 5.75 Å². The lowest BCUT2D eigenvalue weighted by Crippen LogP contribution is -2.16. The molecule has 5 aromatic rings. The van der Waals surface area contributed by atoms with Crippen molar-refractivity contribution in [3.8, 4) is 45.1 Å². The zero-order valence-electron chi connectivity index (χ0n) is 22.3. The SMILES string of the molecule is COC(=O)c1cc(-c2ccc(-c3cccc(S(C)(=O)=O)c3)cc2-n2nncc2-c2ccc(OC(F)(F)F)cc2)n(C)n1. The van der Waals surface area contributed by atoms with E-state index in [0.29, 0.717) is 39.3 Å². The first-order valence-corrected chi connectivity index (χ1v) is 14.1. The highest BCUT2D eigenvalue weighted by molar-refractivity contribution is 7.90. The van der Waals surface area contributed by atoms with Gasteiger partial charge in [0.2, 0.25) is 0 Å². The molecule has 14 heteroatoms. The van der Waals surface area contributed by atoms with Crippen LogP contribution in [-0.2, 0) is 21.6 Å². The molecule has 0 amide bonds. The van der Waals surface area contributed by atoms with Crippen LogP contribution in [0.5, 0.6) is 5.75 Å². The van der Waals surface area contributed by atoms with E-state index in [1.807, 2.05) is 0 Å². The molecule has 0 fully saturated rings. The van der Waals surface area contributed by atoms with Crippen LogP contribution in [0.4, 0.5) is 13.2 Å². The Labute approximate surface area is 237 Å². The number of halogens is 3. The van der Waals surface area contributed by atoms with Gasteiger partial charge in [0, 0.05) is 24.4 Å². The number of aryl methyl sites for hydroxylation is 1. The van der Waals surface area contributed by atoms with Gasteiger partial charge in [0.25, 0.3) is 0 Å². The average molecular weight is 598 g/mol. The summed E-state index contributed by atoms with van der Waals surface area (Å²) in [6.45, 7) is 0. The summed E-state index contributed by atoms with van der Waals surface area (Å²) in [4.78, 5) is 12.3. The lowest BCUT2D eigenvalue weighted by Gasteiger charge is -2.15. The van der Waals surface area contributed by atoms with Crippen molar-refractivity contribution in [3.05, 3.63) is 84.7 Å². The second-order valence-corrected chi connectivity index (χ2v) is 11.2. The molecule has 0 spiro atoms. The molecule has 2 heterocycles. The second kappa shape index (κ2) is 10.8. The van der Waals surface area contributed by atoms with Crippen molar-refractivity contribution in [2.45, 2.75) is 11.3 Å². The number of sulfone groups is 1. The van der Waals surface area contributed by atoms with Gasteiger partial charge in [0.05, 0.1) is 35.3 Å². The standard InChI is InChI=1S/C28H22F3N5O5S/c1-35-24(15-23(33-35)27(37)40-2)22-12-9-19(18-5-4-6-21(13-18)42(3,38)39)14-25(22)36-26(16-32-34-36)17-7-10-20(11-8-17)41-28(29,30)31/h4-16H,1-3H3. The Hall–Kier alpha value is -4.98. The van der Waals surface area contributed by atoms with Crippen LogP contribution in [0.15, 0.2) is 83.9 Å². The predicted molar refractivity (Wildman–Crippen MR) is 146 cm³/mol. The van der Waals surface area contributed by atoms with E-state index >= 15 is 0 Å². The Morgan fingerprint density at radius 2 is 1.60 bits per heavy atom. The van der Waals surface area contributed by atoms with E-state index < -0.39 is 22.2 Å². The highest BCUT2D eigenvalue weighted by Crippen LogP contribution is 2.35. The molecule has 0 saturated carbocycles. The first kappa shape index (κ1) is 28.5. The molecule has 0 aliphatic heterocycles. The van der Waals surface area contributed by atoms with E-state index in [4.69, 9.17) is 4.74 Å². The largest absolute Gasteiger partial charge is 0.573 e. The molecule has 10 nitrogen and oxygen atoms in total. The minimum Gasteiger partial charge on any atom is -0.464 e. The highest BCUT2D eigenvalue weighted by Gasteiger charge is 2.31. The predicted octanol–water partition coefficient (Wildman–Crippen LogP) is 5.09. The normalized spacial score (nSPS) is 11.9. The van der Waals surface area contributed by atoms with Gasteiger partial charge in [-0.3, -0.25) is 4.68 Å². The van der Waals surface area contributed by atoms with Crippen LogP contribution >= 0.6 is 0 Å². The molecular weight excluding hydrogens is 575 g/mol. The van der Waals surface area contributed by atoms with E-state index in [-0.39, 0.29) is 16.3 Å². The van der Waals surface area contributed by atoms with Crippen molar-refractivity contribution in [3.63, 3.8) is 0 Å². The summed E-state index contributed by atoms with van der Waals surface area (Å²) in [5.41, 5.74) is 3.83. The Balaban J connectivity index is 1.68. The van der Waals surface area contributed by atoms with Gasteiger partial charge in [-0.05, 0) is 59.7 Å². The van der Waals surface area contributed by atoms with Crippen molar-refractivity contribution in [1.82, 2.24) is 24.8 Å². The van der Waals surface area contributed by atoms with Crippen LogP contribution in [0.25, 0.3) is 39.3 Å². The van der Waals surface area contributed by atoms with E-state index in [2.05, 4.69) is 20.1 Å². The van der Waals surface area contributed by atoms with Crippen LogP contribution in [0.1, 0.15) is 10.5 Å². The van der Waals surface area contributed by atoms with Gasteiger partial charge in [-0.15, -0.1) is 18.3 Å². The minimum absolute atomic E-state index is 0.0740. The molecule has 0 atom stereocenters. The third-order valence-corrected chi connectivity index (χ3v) is 7.41. The van der Waals surface area contributed by atoms with Gasteiger partial charge >= 0.3 is 12.3 Å². The summed E-state index contributed by atoms with van der Waals surface area (Å²) in [5, 5.41) is 12.5. The lowest BCUT2D eigenvalue weighted by atomic mass is 10.00. The minimum atomic E-state index is -4.83. The fourth-order valence-corrected chi connectivity index (χ4v) is 5.04. The maximum absolute atomic E-state index is 12.7. The number of alkyl halides is 3. The zero-order chi connectivity index (χ0) is 30.2. The molecule has 5 rings (SSSR count). The molecule has 0 radical (unpaired) electrons. The second-order valence-electron chi connectivity index (χ2n) is 9.17. The third kappa shape index (κ3) is 5.88.